The number of ketones is 1. The van der Waals surface area contributed by atoms with Crippen LogP contribution in [-0.4, -0.2) is 5.78 Å². The standard InChI is InChI=1S/C12H11BrOS2/c1-2-8-5-6-15-12(8)10(14)7-9-3-4-11(13)16-9/h3-6H,2,7H2,1H3. The second-order valence-electron chi connectivity index (χ2n) is 3.43. The number of Topliss-reactive ketones (excluding diaryl/α,β-unsaturated/α-hetero) is 1. The third kappa shape index (κ3) is 2.62. The summed E-state index contributed by atoms with van der Waals surface area (Å²) < 4.78 is 1.08. The van der Waals surface area contributed by atoms with Crippen LogP contribution < -0.4 is 0 Å². The van der Waals surface area contributed by atoms with Crippen LogP contribution in [0.5, 0.6) is 0 Å². The lowest BCUT2D eigenvalue weighted by atomic mass is 10.1. The molecule has 0 spiro atoms. The van der Waals surface area contributed by atoms with Crippen molar-refractivity contribution in [2.75, 3.05) is 0 Å². The van der Waals surface area contributed by atoms with E-state index in [4.69, 9.17) is 0 Å². The summed E-state index contributed by atoms with van der Waals surface area (Å²) in [5, 5.41) is 2.00. The average Bonchev–Trinajstić information content (AvgIpc) is 2.86. The molecule has 4 heteroatoms. The first kappa shape index (κ1) is 12.0. The Balaban J connectivity index is 2.14. The highest BCUT2D eigenvalue weighted by atomic mass is 79.9. The van der Waals surface area contributed by atoms with Crippen molar-refractivity contribution in [2.24, 2.45) is 0 Å². The fourth-order valence-electron chi connectivity index (χ4n) is 1.54. The maximum absolute atomic E-state index is 12.1. The lowest BCUT2D eigenvalue weighted by molar-refractivity contribution is 0.0997. The number of aryl methyl sites for hydroxylation is 1. The van der Waals surface area contributed by atoms with E-state index in [1.807, 2.05) is 23.6 Å². The van der Waals surface area contributed by atoms with E-state index in [9.17, 15) is 4.79 Å². The van der Waals surface area contributed by atoms with Crippen LogP contribution in [0.15, 0.2) is 27.4 Å². The molecule has 84 valence electrons. The Morgan fingerprint density at radius 3 is 2.81 bits per heavy atom. The molecule has 0 N–H and O–H groups in total. The second kappa shape index (κ2) is 5.25. The Morgan fingerprint density at radius 2 is 2.19 bits per heavy atom. The summed E-state index contributed by atoms with van der Waals surface area (Å²) in [6.07, 6.45) is 1.45. The minimum Gasteiger partial charge on any atom is -0.293 e. The molecule has 2 rings (SSSR count). The lowest BCUT2D eigenvalue weighted by Crippen LogP contribution is -2.02. The molecule has 0 amide bonds. The van der Waals surface area contributed by atoms with Gasteiger partial charge in [-0.05, 0) is 51.5 Å². The molecule has 0 unspecified atom stereocenters. The summed E-state index contributed by atoms with van der Waals surface area (Å²) in [5.41, 5.74) is 1.17. The van der Waals surface area contributed by atoms with Gasteiger partial charge in [-0.15, -0.1) is 22.7 Å². The van der Waals surface area contributed by atoms with Gasteiger partial charge in [0.1, 0.15) is 0 Å². The molecule has 0 aliphatic heterocycles. The Bertz CT molecular complexity index is 499. The molecule has 0 saturated heterocycles. The smallest absolute Gasteiger partial charge is 0.178 e. The number of hydrogen-bond acceptors (Lipinski definition) is 3. The van der Waals surface area contributed by atoms with E-state index in [0.717, 1.165) is 20.0 Å². The van der Waals surface area contributed by atoms with Crippen molar-refractivity contribution in [1.29, 1.82) is 0 Å². The van der Waals surface area contributed by atoms with Crippen molar-refractivity contribution in [2.45, 2.75) is 19.8 Å². The number of carbonyl (C=O) groups excluding carboxylic acids is 1. The zero-order chi connectivity index (χ0) is 11.5. The van der Waals surface area contributed by atoms with Crippen LogP contribution in [-0.2, 0) is 12.8 Å². The van der Waals surface area contributed by atoms with Crippen LogP contribution in [0.4, 0.5) is 0 Å². The summed E-state index contributed by atoms with van der Waals surface area (Å²) in [7, 11) is 0. The molecule has 0 saturated carbocycles. The van der Waals surface area contributed by atoms with Crippen molar-refractivity contribution in [3.63, 3.8) is 0 Å². The number of hydrogen-bond donors (Lipinski definition) is 0. The number of rotatable bonds is 4. The average molecular weight is 315 g/mol. The maximum Gasteiger partial charge on any atom is 0.178 e. The molecular weight excluding hydrogens is 304 g/mol. The highest BCUT2D eigenvalue weighted by molar-refractivity contribution is 9.11. The molecule has 0 fully saturated rings. The van der Waals surface area contributed by atoms with Crippen LogP contribution in [0.1, 0.15) is 27.0 Å². The van der Waals surface area contributed by atoms with Gasteiger partial charge in [0.15, 0.2) is 5.78 Å². The van der Waals surface area contributed by atoms with Crippen LogP contribution in [0.25, 0.3) is 0 Å². The van der Waals surface area contributed by atoms with Crippen molar-refractivity contribution in [1.82, 2.24) is 0 Å². The lowest BCUT2D eigenvalue weighted by Gasteiger charge is -1.99. The third-order valence-electron chi connectivity index (χ3n) is 2.34. The molecule has 0 atom stereocenters. The third-order valence-corrected chi connectivity index (χ3v) is 4.97. The molecule has 16 heavy (non-hydrogen) atoms. The summed E-state index contributed by atoms with van der Waals surface area (Å²) in [4.78, 5) is 14.1. The fourth-order valence-corrected chi connectivity index (χ4v) is 3.96. The second-order valence-corrected chi connectivity index (χ2v) is 6.90. The molecular formula is C12H11BrOS2. The Kier molecular flexibility index (Phi) is 3.95. The van der Waals surface area contributed by atoms with Gasteiger partial charge < -0.3 is 0 Å². The highest BCUT2D eigenvalue weighted by Crippen LogP contribution is 2.25. The zero-order valence-corrected chi connectivity index (χ0v) is 12.0. The SMILES string of the molecule is CCc1ccsc1C(=O)Cc1ccc(Br)s1. The van der Waals surface area contributed by atoms with Gasteiger partial charge in [-0.1, -0.05) is 6.92 Å². The van der Waals surface area contributed by atoms with Crippen molar-refractivity contribution in [3.05, 3.63) is 42.7 Å². The maximum atomic E-state index is 12.1. The van der Waals surface area contributed by atoms with Crippen LogP contribution in [0, 0.1) is 0 Å². The Morgan fingerprint density at radius 1 is 1.38 bits per heavy atom. The molecule has 0 aliphatic carbocycles. The first-order valence-corrected chi connectivity index (χ1v) is 7.53. The van der Waals surface area contributed by atoms with Crippen LogP contribution in [0.2, 0.25) is 0 Å². The fraction of sp³-hybridized carbons (Fsp3) is 0.250. The molecule has 0 aromatic carbocycles. The van der Waals surface area contributed by atoms with Crippen LogP contribution >= 0.6 is 38.6 Å². The van der Waals surface area contributed by atoms with Gasteiger partial charge in [0.25, 0.3) is 0 Å². The molecule has 2 aromatic rings. The summed E-state index contributed by atoms with van der Waals surface area (Å²) >= 11 is 6.59. The largest absolute Gasteiger partial charge is 0.293 e. The summed E-state index contributed by atoms with van der Waals surface area (Å²) in [5.74, 6) is 0.237. The minimum atomic E-state index is 0.237. The predicted molar refractivity (Wildman–Crippen MR) is 73.8 cm³/mol. The monoisotopic (exact) mass is 314 g/mol. The normalized spacial score (nSPS) is 10.6. The van der Waals surface area contributed by atoms with Gasteiger partial charge in [-0.3, -0.25) is 4.79 Å². The van der Waals surface area contributed by atoms with Crippen molar-refractivity contribution >= 4 is 44.4 Å². The van der Waals surface area contributed by atoms with E-state index in [-0.39, 0.29) is 5.78 Å². The van der Waals surface area contributed by atoms with Gasteiger partial charge in [-0.2, -0.15) is 0 Å². The number of carbonyl (C=O) groups is 1. The Hall–Kier alpha value is -0.450. The molecule has 2 aromatic heterocycles. The molecule has 0 aliphatic rings. The van der Waals surface area contributed by atoms with E-state index in [1.165, 1.54) is 5.56 Å². The van der Waals surface area contributed by atoms with Gasteiger partial charge in [0.2, 0.25) is 0 Å². The molecule has 0 bridgehead atoms. The minimum absolute atomic E-state index is 0.237. The quantitative estimate of drug-likeness (QED) is 0.756. The van der Waals surface area contributed by atoms with Crippen molar-refractivity contribution in [3.8, 4) is 0 Å². The first-order chi connectivity index (χ1) is 7.70. The van der Waals surface area contributed by atoms with E-state index in [1.54, 1.807) is 22.7 Å². The molecule has 0 radical (unpaired) electrons. The van der Waals surface area contributed by atoms with Gasteiger partial charge in [-0.25, -0.2) is 0 Å². The zero-order valence-electron chi connectivity index (χ0n) is 8.83. The molecule has 2 heterocycles. The number of thiophene rings is 2. The van der Waals surface area contributed by atoms with Crippen molar-refractivity contribution < 1.29 is 4.79 Å². The summed E-state index contributed by atoms with van der Waals surface area (Å²) in [6, 6.07) is 6.04. The van der Waals surface area contributed by atoms with E-state index >= 15 is 0 Å². The van der Waals surface area contributed by atoms with E-state index < -0.39 is 0 Å². The van der Waals surface area contributed by atoms with E-state index in [2.05, 4.69) is 22.9 Å². The summed E-state index contributed by atoms with van der Waals surface area (Å²) in [6.45, 7) is 2.08. The topological polar surface area (TPSA) is 17.1 Å². The molecule has 1 nitrogen and oxygen atoms in total. The number of halogens is 1. The van der Waals surface area contributed by atoms with Gasteiger partial charge in [0, 0.05) is 11.3 Å². The van der Waals surface area contributed by atoms with Gasteiger partial charge >= 0.3 is 0 Å². The Labute approximate surface area is 111 Å². The first-order valence-electron chi connectivity index (χ1n) is 5.04. The highest BCUT2D eigenvalue weighted by Gasteiger charge is 2.13. The van der Waals surface area contributed by atoms with Crippen LogP contribution in [0.3, 0.4) is 0 Å². The van der Waals surface area contributed by atoms with Gasteiger partial charge in [0.05, 0.1) is 8.66 Å². The predicted octanol–water partition coefficient (Wildman–Crippen LogP) is 4.56. The van der Waals surface area contributed by atoms with E-state index in [0.29, 0.717) is 6.42 Å².